The molecule has 3 aromatic rings. The highest BCUT2D eigenvalue weighted by atomic mass is 19.1. The highest BCUT2D eigenvalue weighted by molar-refractivity contribution is 5.79. The fraction of sp³-hybridized carbons (Fsp3) is 0.407. The Morgan fingerprint density at radius 3 is 2.59 bits per heavy atom. The van der Waals surface area contributed by atoms with Crippen molar-refractivity contribution < 1.29 is 13.6 Å². The molecule has 0 atom stereocenters. The molecule has 7 heteroatoms. The van der Waals surface area contributed by atoms with Gasteiger partial charge in [0.2, 0.25) is 5.91 Å². The van der Waals surface area contributed by atoms with Gasteiger partial charge >= 0.3 is 0 Å². The molecule has 0 spiro atoms. The van der Waals surface area contributed by atoms with Gasteiger partial charge in [-0.15, -0.1) is 0 Å². The third kappa shape index (κ3) is 4.75. The van der Waals surface area contributed by atoms with Crippen LogP contribution in [0.3, 0.4) is 0 Å². The van der Waals surface area contributed by atoms with E-state index in [0.29, 0.717) is 12.2 Å². The molecule has 34 heavy (non-hydrogen) atoms. The van der Waals surface area contributed by atoms with Crippen molar-refractivity contribution in [2.75, 3.05) is 13.1 Å². The summed E-state index contributed by atoms with van der Waals surface area (Å²) in [5, 5.41) is 4.88. The van der Waals surface area contributed by atoms with E-state index in [-0.39, 0.29) is 30.0 Å². The average molecular weight is 465 g/mol. The number of halogens is 2. The van der Waals surface area contributed by atoms with Crippen molar-refractivity contribution in [2.24, 2.45) is 0 Å². The summed E-state index contributed by atoms with van der Waals surface area (Å²) in [4.78, 5) is 17.6. The number of rotatable bonds is 8. The lowest BCUT2D eigenvalue weighted by Gasteiger charge is -2.28. The Kier molecular flexibility index (Phi) is 6.46. The molecule has 2 heterocycles. The standard InChI is InChI=1S/C27H30F2N4O/c1-2-14-31-15-13-25-22(17-31)24(30-33(25)26-6-4-3-5-23(26)29)18-32(21-11-12-21)27(34)16-19-7-9-20(28)10-8-19/h3-10,21H,2,11-18H2,1H3. The van der Waals surface area contributed by atoms with Gasteiger partial charge in [0.15, 0.2) is 0 Å². The summed E-state index contributed by atoms with van der Waals surface area (Å²) in [6.45, 7) is 5.25. The second-order valence-corrected chi connectivity index (χ2v) is 9.32. The molecular weight excluding hydrogens is 434 g/mol. The molecule has 2 aromatic carbocycles. The molecule has 0 saturated heterocycles. The number of para-hydroxylation sites is 1. The van der Waals surface area contributed by atoms with E-state index in [9.17, 15) is 13.6 Å². The Hall–Kier alpha value is -3.06. The summed E-state index contributed by atoms with van der Waals surface area (Å²) < 4.78 is 29.7. The Morgan fingerprint density at radius 1 is 1.12 bits per heavy atom. The van der Waals surface area contributed by atoms with E-state index in [0.717, 1.165) is 67.8 Å². The molecule has 1 aromatic heterocycles. The summed E-state index contributed by atoms with van der Waals surface area (Å²) in [7, 11) is 0. The van der Waals surface area contributed by atoms with Crippen LogP contribution in [0.1, 0.15) is 48.7 Å². The quantitative estimate of drug-likeness (QED) is 0.487. The van der Waals surface area contributed by atoms with Crippen LogP contribution < -0.4 is 0 Å². The molecule has 0 N–H and O–H groups in total. The second-order valence-electron chi connectivity index (χ2n) is 9.32. The molecule has 2 aliphatic rings. The first-order valence-corrected chi connectivity index (χ1v) is 12.1. The minimum Gasteiger partial charge on any atom is -0.333 e. The molecule has 5 nitrogen and oxygen atoms in total. The molecule has 1 saturated carbocycles. The normalized spacial score (nSPS) is 15.9. The number of carbonyl (C=O) groups excluding carboxylic acids is 1. The Labute approximate surface area is 199 Å². The van der Waals surface area contributed by atoms with Gasteiger partial charge < -0.3 is 4.90 Å². The van der Waals surface area contributed by atoms with Gasteiger partial charge in [-0.3, -0.25) is 9.69 Å². The zero-order valence-electron chi connectivity index (χ0n) is 19.5. The largest absolute Gasteiger partial charge is 0.333 e. The van der Waals surface area contributed by atoms with Crippen molar-refractivity contribution in [3.8, 4) is 5.69 Å². The van der Waals surface area contributed by atoms with Crippen LogP contribution in [0.15, 0.2) is 48.5 Å². The van der Waals surface area contributed by atoms with E-state index in [2.05, 4.69) is 11.8 Å². The number of amides is 1. The predicted octanol–water partition coefficient (Wildman–Crippen LogP) is 4.65. The van der Waals surface area contributed by atoms with Gasteiger partial charge in [-0.05, 0) is 55.6 Å². The maximum atomic E-state index is 14.7. The molecule has 1 aliphatic heterocycles. The number of hydrogen-bond acceptors (Lipinski definition) is 3. The first-order valence-electron chi connectivity index (χ1n) is 12.1. The number of benzene rings is 2. The minimum atomic E-state index is -0.308. The van der Waals surface area contributed by atoms with Crippen LogP contribution in [0.4, 0.5) is 8.78 Å². The topological polar surface area (TPSA) is 41.4 Å². The van der Waals surface area contributed by atoms with Crippen LogP contribution in [0.5, 0.6) is 0 Å². The Morgan fingerprint density at radius 2 is 1.88 bits per heavy atom. The fourth-order valence-electron chi connectivity index (χ4n) is 4.85. The number of aromatic nitrogens is 2. The van der Waals surface area contributed by atoms with Crippen LogP contribution in [-0.4, -0.2) is 44.6 Å². The van der Waals surface area contributed by atoms with Gasteiger partial charge in [-0.1, -0.05) is 31.2 Å². The maximum absolute atomic E-state index is 14.7. The summed E-state index contributed by atoms with van der Waals surface area (Å²) in [6.07, 6.45) is 4.05. The van der Waals surface area contributed by atoms with Crippen LogP contribution in [0, 0.1) is 11.6 Å². The lowest BCUT2D eigenvalue weighted by Crippen LogP contribution is -2.35. The van der Waals surface area contributed by atoms with E-state index < -0.39 is 0 Å². The van der Waals surface area contributed by atoms with Gasteiger partial charge in [-0.2, -0.15) is 5.10 Å². The van der Waals surface area contributed by atoms with Crippen LogP contribution >= 0.6 is 0 Å². The summed E-state index contributed by atoms with van der Waals surface area (Å²) >= 11 is 0. The first-order chi connectivity index (χ1) is 16.5. The summed E-state index contributed by atoms with van der Waals surface area (Å²) in [6, 6.07) is 13.0. The van der Waals surface area contributed by atoms with Crippen LogP contribution in [0.25, 0.3) is 5.69 Å². The number of fused-ring (bicyclic) bond motifs is 1. The van der Waals surface area contributed by atoms with E-state index in [1.165, 1.54) is 18.2 Å². The summed E-state index contributed by atoms with van der Waals surface area (Å²) in [5.41, 5.74) is 4.24. The predicted molar refractivity (Wildman–Crippen MR) is 126 cm³/mol. The molecule has 1 fully saturated rings. The van der Waals surface area contributed by atoms with Gasteiger partial charge in [0, 0.05) is 31.1 Å². The highest BCUT2D eigenvalue weighted by Crippen LogP contribution is 2.32. The van der Waals surface area contributed by atoms with E-state index in [4.69, 9.17) is 5.10 Å². The zero-order valence-corrected chi connectivity index (χ0v) is 19.5. The average Bonchev–Trinajstić information content (AvgIpc) is 3.61. The molecular formula is C27H30F2N4O. The molecule has 0 unspecified atom stereocenters. The highest BCUT2D eigenvalue weighted by Gasteiger charge is 2.35. The third-order valence-corrected chi connectivity index (χ3v) is 6.74. The lowest BCUT2D eigenvalue weighted by atomic mass is 10.0. The minimum absolute atomic E-state index is 0.0181. The summed E-state index contributed by atoms with van der Waals surface area (Å²) in [5.74, 6) is -0.594. The van der Waals surface area contributed by atoms with Crippen molar-refractivity contribution in [3.63, 3.8) is 0 Å². The van der Waals surface area contributed by atoms with Gasteiger partial charge in [0.25, 0.3) is 0 Å². The van der Waals surface area contributed by atoms with E-state index >= 15 is 0 Å². The monoisotopic (exact) mass is 464 g/mol. The van der Waals surface area contributed by atoms with Gasteiger partial charge in [0.05, 0.1) is 24.4 Å². The van der Waals surface area contributed by atoms with Gasteiger partial charge in [0.1, 0.15) is 17.3 Å². The molecule has 0 radical (unpaired) electrons. The van der Waals surface area contributed by atoms with E-state index in [1.54, 1.807) is 28.9 Å². The van der Waals surface area contributed by atoms with Gasteiger partial charge in [-0.25, -0.2) is 13.5 Å². The number of carbonyl (C=O) groups is 1. The van der Waals surface area contributed by atoms with E-state index in [1.807, 2.05) is 11.0 Å². The van der Waals surface area contributed by atoms with Crippen molar-refractivity contribution in [1.29, 1.82) is 0 Å². The Bertz CT molecular complexity index is 1170. The third-order valence-electron chi connectivity index (χ3n) is 6.74. The fourth-order valence-corrected chi connectivity index (χ4v) is 4.85. The molecule has 5 rings (SSSR count). The molecule has 178 valence electrons. The maximum Gasteiger partial charge on any atom is 0.227 e. The number of nitrogens with zero attached hydrogens (tertiary/aromatic N) is 4. The van der Waals surface area contributed by atoms with Crippen molar-refractivity contribution in [3.05, 3.63) is 82.7 Å². The SMILES string of the molecule is CCCN1CCc2c(c(CN(C(=O)Cc3ccc(F)cc3)C3CC3)nn2-c2ccccc2F)C1. The van der Waals surface area contributed by atoms with Crippen LogP contribution in [-0.2, 0) is 30.7 Å². The molecule has 0 bridgehead atoms. The number of hydrogen-bond donors (Lipinski definition) is 0. The van der Waals surface area contributed by atoms with Crippen LogP contribution in [0.2, 0.25) is 0 Å². The Balaban J connectivity index is 1.46. The second kappa shape index (κ2) is 9.66. The molecule has 1 amide bonds. The first kappa shape index (κ1) is 22.7. The van der Waals surface area contributed by atoms with Crippen molar-refractivity contribution in [1.82, 2.24) is 19.6 Å². The molecule has 1 aliphatic carbocycles. The van der Waals surface area contributed by atoms with Crippen molar-refractivity contribution in [2.45, 2.75) is 58.2 Å². The van der Waals surface area contributed by atoms with Crippen molar-refractivity contribution >= 4 is 5.91 Å². The zero-order chi connectivity index (χ0) is 23.7. The smallest absolute Gasteiger partial charge is 0.227 e. The lowest BCUT2D eigenvalue weighted by molar-refractivity contribution is -0.131.